The minimum absolute atomic E-state index is 0. The van der Waals surface area contributed by atoms with Crippen molar-refractivity contribution in [1.82, 2.24) is 5.32 Å². The maximum Gasteiger partial charge on any atom is 0.320 e. The van der Waals surface area contributed by atoms with Crippen molar-refractivity contribution in [2.75, 3.05) is 13.2 Å². The van der Waals surface area contributed by atoms with E-state index in [4.69, 9.17) is 10.2 Å². The third kappa shape index (κ3) is 18.1. The Labute approximate surface area is 118 Å². The fourth-order valence-corrected chi connectivity index (χ4v) is 1.26. The molecule has 0 saturated carbocycles. The minimum Gasteiger partial charge on any atom is -0.480 e. The molecule has 0 bridgehead atoms. The van der Waals surface area contributed by atoms with Gasteiger partial charge in [-0.05, 0) is 19.4 Å². The molecule has 112 valence electrons. The number of hydrogen-bond acceptors (Lipinski definition) is 3. The summed E-state index contributed by atoms with van der Waals surface area (Å²) in [7, 11) is 0. The second kappa shape index (κ2) is 19.0. The zero-order valence-corrected chi connectivity index (χ0v) is 12.8. The molecule has 18 heavy (non-hydrogen) atoms. The van der Waals surface area contributed by atoms with E-state index in [0.29, 0.717) is 6.54 Å². The molecule has 0 saturated heterocycles. The summed E-state index contributed by atoms with van der Waals surface area (Å²) < 4.78 is 0. The lowest BCUT2D eigenvalue weighted by Crippen LogP contribution is -2.37. The molecule has 4 nitrogen and oxygen atoms in total. The molecule has 0 amide bonds. The van der Waals surface area contributed by atoms with Crippen molar-refractivity contribution in [3.8, 4) is 0 Å². The highest BCUT2D eigenvalue weighted by molar-refractivity contribution is 5.85. The van der Waals surface area contributed by atoms with Crippen LogP contribution in [0.4, 0.5) is 0 Å². The highest BCUT2D eigenvalue weighted by Crippen LogP contribution is 1.95. The highest BCUT2D eigenvalue weighted by atomic mass is 35.5. The molecular formula is C13H30ClNO3. The van der Waals surface area contributed by atoms with Crippen LogP contribution in [0, 0.1) is 0 Å². The van der Waals surface area contributed by atoms with E-state index in [1.807, 2.05) is 6.92 Å². The Hall–Kier alpha value is -0.320. The van der Waals surface area contributed by atoms with Gasteiger partial charge in [0.1, 0.15) is 6.04 Å². The van der Waals surface area contributed by atoms with Crippen LogP contribution in [0.15, 0.2) is 0 Å². The Balaban J connectivity index is -0.000000277. The molecule has 0 radical (unpaired) electrons. The van der Waals surface area contributed by atoms with Crippen molar-refractivity contribution >= 4 is 18.4 Å². The Bertz CT molecular complexity index is 164. The molecule has 0 rings (SSSR count). The van der Waals surface area contributed by atoms with Gasteiger partial charge in [0.2, 0.25) is 0 Å². The van der Waals surface area contributed by atoms with E-state index in [9.17, 15) is 4.79 Å². The van der Waals surface area contributed by atoms with Crippen LogP contribution in [-0.2, 0) is 4.79 Å². The minimum atomic E-state index is -0.896. The predicted molar refractivity (Wildman–Crippen MR) is 78.5 cm³/mol. The first-order chi connectivity index (χ1) is 8.13. The normalized spacial score (nSPS) is 10.9. The summed E-state index contributed by atoms with van der Waals surface area (Å²) >= 11 is 0. The maximum atomic E-state index is 10.4. The quantitative estimate of drug-likeness (QED) is 0.569. The molecular weight excluding hydrogens is 254 g/mol. The molecule has 0 aliphatic rings. The highest BCUT2D eigenvalue weighted by Gasteiger charge is 2.14. The Morgan fingerprint density at radius 2 is 1.61 bits per heavy atom. The van der Waals surface area contributed by atoms with Crippen molar-refractivity contribution in [3.63, 3.8) is 0 Å². The summed E-state index contributed by atoms with van der Waals surface area (Å²) in [5.74, 6) is -0.896. The first kappa shape index (κ1) is 22.8. The largest absolute Gasteiger partial charge is 0.480 e. The zero-order valence-electron chi connectivity index (χ0n) is 11.9. The van der Waals surface area contributed by atoms with Gasteiger partial charge in [0.25, 0.3) is 0 Å². The Kier molecular flexibility index (Phi) is 24.1. The third-order valence-electron chi connectivity index (χ3n) is 2.31. The summed E-state index contributed by atoms with van der Waals surface area (Å²) in [6, 6.07) is -0.597. The van der Waals surface area contributed by atoms with Gasteiger partial charge in [0.05, 0.1) is 0 Å². The lowest BCUT2D eigenvalue weighted by molar-refractivity contribution is -0.139. The van der Waals surface area contributed by atoms with Gasteiger partial charge in [-0.1, -0.05) is 46.5 Å². The van der Waals surface area contributed by atoms with Crippen LogP contribution in [0.2, 0.25) is 0 Å². The first-order valence-corrected chi connectivity index (χ1v) is 6.70. The third-order valence-corrected chi connectivity index (χ3v) is 2.31. The molecule has 0 aromatic heterocycles. The van der Waals surface area contributed by atoms with E-state index in [0.717, 1.165) is 6.42 Å². The number of carboxylic acids is 1. The number of carboxylic acid groups (broad SMARTS) is 1. The van der Waals surface area contributed by atoms with Gasteiger partial charge < -0.3 is 15.5 Å². The molecule has 3 N–H and O–H groups in total. The summed E-state index contributed by atoms with van der Waals surface area (Å²) in [6.45, 7) is 7.01. The van der Waals surface area contributed by atoms with Crippen molar-refractivity contribution in [1.29, 1.82) is 0 Å². The summed E-state index contributed by atoms with van der Waals surface area (Å²) in [5.41, 5.74) is 0. The van der Waals surface area contributed by atoms with Gasteiger partial charge >= 0.3 is 5.97 Å². The summed E-state index contributed by atoms with van der Waals surface area (Å²) in [4.78, 5) is 10.4. The molecule has 0 fully saturated rings. The van der Waals surface area contributed by atoms with Crippen LogP contribution in [-0.4, -0.2) is 35.4 Å². The number of rotatable bonds is 9. The average Bonchev–Trinajstić information content (AvgIpc) is 2.32. The second-order valence-corrected chi connectivity index (χ2v) is 4.06. The van der Waals surface area contributed by atoms with Gasteiger partial charge in [-0.2, -0.15) is 0 Å². The molecule has 0 aromatic carbocycles. The van der Waals surface area contributed by atoms with Gasteiger partial charge in [0.15, 0.2) is 0 Å². The van der Waals surface area contributed by atoms with Gasteiger partial charge in [-0.3, -0.25) is 4.79 Å². The molecule has 0 aliphatic carbocycles. The van der Waals surface area contributed by atoms with Crippen molar-refractivity contribution in [2.24, 2.45) is 0 Å². The number of aliphatic hydroxyl groups is 1. The van der Waals surface area contributed by atoms with E-state index in [-0.39, 0.29) is 25.4 Å². The Morgan fingerprint density at radius 3 is 1.89 bits per heavy atom. The van der Waals surface area contributed by atoms with Crippen molar-refractivity contribution < 1.29 is 15.0 Å². The molecule has 1 unspecified atom stereocenters. The van der Waals surface area contributed by atoms with Crippen molar-refractivity contribution in [3.05, 3.63) is 0 Å². The van der Waals surface area contributed by atoms with E-state index < -0.39 is 12.0 Å². The molecule has 5 heteroatoms. The smallest absolute Gasteiger partial charge is 0.320 e. The van der Waals surface area contributed by atoms with Gasteiger partial charge in [0, 0.05) is 6.61 Å². The number of unbranched alkanes of at least 4 members (excludes halogenated alkanes) is 3. The van der Waals surface area contributed by atoms with Gasteiger partial charge in [-0.25, -0.2) is 0 Å². The van der Waals surface area contributed by atoms with Crippen LogP contribution in [0.1, 0.15) is 59.3 Å². The predicted octanol–water partition coefficient (Wildman–Crippen LogP) is 2.83. The van der Waals surface area contributed by atoms with Crippen molar-refractivity contribution in [2.45, 2.75) is 65.3 Å². The molecule has 0 aromatic rings. The number of carbonyl (C=O) groups is 1. The zero-order chi connectivity index (χ0) is 13.5. The maximum absolute atomic E-state index is 10.4. The Morgan fingerprint density at radius 1 is 1.11 bits per heavy atom. The molecule has 1 atom stereocenters. The van der Waals surface area contributed by atoms with Crippen LogP contribution < -0.4 is 5.32 Å². The van der Waals surface area contributed by atoms with Crippen LogP contribution >= 0.6 is 12.4 Å². The molecule has 0 heterocycles. The number of halogens is 1. The number of hydrogen-bond donors (Lipinski definition) is 3. The second-order valence-electron chi connectivity index (χ2n) is 4.06. The first-order valence-electron chi connectivity index (χ1n) is 6.70. The SMILES string of the molecule is CCCCCC.CCCNC(CCO)C(=O)O.Cl. The van der Waals surface area contributed by atoms with Crippen LogP contribution in [0.25, 0.3) is 0 Å². The molecule has 0 aliphatic heterocycles. The van der Waals surface area contributed by atoms with Crippen LogP contribution in [0.5, 0.6) is 0 Å². The van der Waals surface area contributed by atoms with Gasteiger partial charge in [-0.15, -0.1) is 12.4 Å². The fraction of sp³-hybridized carbons (Fsp3) is 0.923. The topological polar surface area (TPSA) is 69.6 Å². The average molecular weight is 284 g/mol. The fourth-order valence-electron chi connectivity index (χ4n) is 1.26. The monoisotopic (exact) mass is 283 g/mol. The van der Waals surface area contributed by atoms with E-state index in [1.165, 1.54) is 25.7 Å². The number of aliphatic hydroxyl groups excluding tert-OH is 1. The standard InChI is InChI=1S/C7H15NO3.C6H14.ClH/c1-2-4-8-6(3-5-9)7(10)11;1-3-5-6-4-2;/h6,8-9H,2-5H2,1H3,(H,10,11);3-6H2,1-2H3;1H. The van der Waals surface area contributed by atoms with E-state index in [2.05, 4.69) is 19.2 Å². The number of nitrogens with one attached hydrogen (secondary N) is 1. The lowest BCUT2D eigenvalue weighted by atomic mass is 10.2. The molecule has 0 spiro atoms. The van der Waals surface area contributed by atoms with E-state index in [1.54, 1.807) is 0 Å². The summed E-state index contributed by atoms with van der Waals surface area (Å²) in [5, 5.41) is 19.8. The van der Waals surface area contributed by atoms with Crippen LogP contribution in [0.3, 0.4) is 0 Å². The van der Waals surface area contributed by atoms with E-state index >= 15 is 0 Å². The number of aliphatic carboxylic acids is 1. The summed E-state index contributed by atoms with van der Waals surface area (Å²) in [6.07, 6.45) is 6.71. The lowest BCUT2D eigenvalue weighted by Gasteiger charge is -2.11.